The van der Waals surface area contributed by atoms with E-state index in [0.29, 0.717) is 32.3 Å². The predicted octanol–water partition coefficient (Wildman–Crippen LogP) is 1.55. The van der Waals surface area contributed by atoms with Gasteiger partial charge >= 0.3 is 0 Å². The molecule has 0 amide bonds. The Morgan fingerprint density at radius 2 is 2.21 bits per heavy atom. The lowest BCUT2D eigenvalue weighted by molar-refractivity contribution is -0.0222. The molecule has 5 nitrogen and oxygen atoms in total. The Hall–Kier alpha value is -0.530. The van der Waals surface area contributed by atoms with Gasteiger partial charge in [-0.1, -0.05) is 13.8 Å². The zero-order valence-electron chi connectivity index (χ0n) is 11.9. The van der Waals surface area contributed by atoms with E-state index < -0.39 is 6.10 Å². The van der Waals surface area contributed by atoms with Crippen LogP contribution in [0.4, 0.5) is 0 Å². The molecule has 0 aliphatic rings. The average molecular weight is 288 g/mol. The van der Waals surface area contributed by atoms with Crippen LogP contribution in [0.15, 0.2) is 5.51 Å². The number of hydrogen-bond donors (Lipinski definition) is 2. The van der Waals surface area contributed by atoms with Crippen LogP contribution in [-0.4, -0.2) is 42.6 Å². The zero-order valence-corrected chi connectivity index (χ0v) is 12.7. The van der Waals surface area contributed by atoms with Crippen LogP contribution in [0, 0.1) is 12.8 Å². The summed E-state index contributed by atoms with van der Waals surface area (Å²) in [5, 5.41) is 9.65. The van der Waals surface area contributed by atoms with Gasteiger partial charge < -0.3 is 14.7 Å². The van der Waals surface area contributed by atoms with Gasteiger partial charge in [0.25, 0.3) is 0 Å². The highest BCUT2D eigenvalue weighted by Gasteiger charge is 2.05. The molecular weight excluding hydrogens is 264 g/mol. The second-order valence-corrected chi connectivity index (χ2v) is 5.83. The van der Waals surface area contributed by atoms with Crippen LogP contribution >= 0.6 is 11.3 Å². The molecular formula is C13H24N2O3S. The maximum absolute atomic E-state index is 9.65. The minimum atomic E-state index is -0.547. The predicted molar refractivity (Wildman–Crippen MR) is 76.2 cm³/mol. The third kappa shape index (κ3) is 7.59. The van der Waals surface area contributed by atoms with E-state index in [9.17, 15) is 5.11 Å². The van der Waals surface area contributed by atoms with Crippen LogP contribution < -0.4 is 5.48 Å². The fraction of sp³-hybridized carbons (Fsp3) is 0.769. The summed E-state index contributed by atoms with van der Waals surface area (Å²) in [5.41, 5.74) is 5.65. The smallest absolute Gasteiger partial charge is 0.0920 e. The number of aromatic nitrogens is 1. The Morgan fingerprint density at radius 1 is 1.42 bits per heavy atom. The van der Waals surface area contributed by atoms with Crippen LogP contribution in [0.5, 0.6) is 0 Å². The molecule has 1 rings (SSSR count). The summed E-state index contributed by atoms with van der Waals surface area (Å²) in [6.07, 6.45) is 0.301. The molecule has 1 unspecified atom stereocenters. The number of hydrogen-bond acceptors (Lipinski definition) is 6. The Bertz CT molecular complexity index is 344. The molecule has 0 bridgehead atoms. The van der Waals surface area contributed by atoms with Crippen molar-refractivity contribution in [3.05, 3.63) is 16.1 Å². The quantitative estimate of drug-likeness (QED) is 0.505. The number of nitrogens with one attached hydrogen (secondary N) is 1. The normalized spacial score (nSPS) is 13.1. The Labute approximate surface area is 118 Å². The molecule has 1 aromatic heterocycles. The molecule has 0 aliphatic heterocycles. The third-order valence-corrected chi connectivity index (χ3v) is 3.46. The van der Waals surface area contributed by atoms with Gasteiger partial charge in [0, 0.05) is 17.8 Å². The average Bonchev–Trinajstić information content (AvgIpc) is 2.76. The van der Waals surface area contributed by atoms with Crippen molar-refractivity contribution >= 4 is 11.3 Å². The first-order chi connectivity index (χ1) is 9.09. The van der Waals surface area contributed by atoms with Gasteiger partial charge in [-0.3, -0.25) is 0 Å². The van der Waals surface area contributed by atoms with Gasteiger partial charge in [-0.25, -0.2) is 4.98 Å². The first-order valence-electron chi connectivity index (χ1n) is 6.59. The number of thiazole rings is 1. The van der Waals surface area contributed by atoms with E-state index in [1.54, 1.807) is 11.3 Å². The molecule has 1 heterocycles. The zero-order chi connectivity index (χ0) is 14.1. The molecule has 2 N–H and O–H groups in total. The molecule has 1 aromatic rings. The summed E-state index contributed by atoms with van der Waals surface area (Å²) < 4.78 is 5.44. The number of aliphatic hydroxyl groups excluding tert-OH is 1. The maximum atomic E-state index is 9.65. The Morgan fingerprint density at radius 3 is 2.84 bits per heavy atom. The van der Waals surface area contributed by atoms with Crippen LogP contribution in [-0.2, 0) is 16.0 Å². The fourth-order valence-corrected chi connectivity index (χ4v) is 2.15. The molecule has 0 aromatic carbocycles. The lowest BCUT2D eigenvalue weighted by Crippen LogP contribution is -2.31. The minimum Gasteiger partial charge on any atom is -0.389 e. The van der Waals surface area contributed by atoms with Crippen molar-refractivity contribution in [2.75, 3.05) is 26.4 Å². The summed E-state index contributed by atoms with van der Waals surface area (Å²) in [6.45, 7) is 8.08. The van der Waals surface area contributed by atoms with E-state index in [1.165, 1.54) is 4.88 Å². The minimum absolute atomic E-state index is 0.315. The summed E-state index contributed by atoms with van der Waals surface area (Å²) in [5.74, 6) is 0.475. The third-order valence-electron chi connectivity index (χ3n) is 2.47. The second kappa shape index (κ2) is 9.39. The summed E-state index contributed by atoms with van der Waals surface area (Å²) in [6, 6.07) is 0. The largest absolute Gasteiger partial charge is 0.389 e. The van der Waals surface area contributed by atoms with E-state index in [0.717, 1.165) is 12.1 Å². The number of nitrogens with zero attached hydrogens (tertiary/aromatic N) is 1. The molecule has 0 spiro atoms. The first-order valence-corrected chi connectivity index (χ1v) is 7.47. The number of aliphatic hydroxyl groups is 1. The molecule has 0 saturated heterocycles. The summed E-state index contributed by atoms with van der Waals surface area (Å²) in [4.78, 5) is 10.6. The lowest BCUT2D eigenvalue weighted by atomic mass is 10.2. The van der Waals surface area contributed by atoms with Gasteiger partial charge in [0.2, 0.25) is 0 Å². The molecule has 0 radical (unpaired) electrons. The highest BCUT2D eigenvalue weighted by molar-refractivity contribution is 7.09. The van der Waals surface area contributed by atoms with Crippen LogP contribution in [0.2, 0.25) is 0 Å². The first kappa shape index (κ1) is 16.5. The van der Waals surface area contributed by atoms with Crippen LogP contribution in [0.25, 0.3) is 0 Å². The highest BCUT2D eigenvalue weighted by atomic mass is 32.1. The Balaban J connectivity index is 1.98. The molecule has 6 heteroatoms. The van der Waals surface area contributed by atoms with Crippen molar-refractivity contribution in [1.82, 2.24) is 10.5 Å². The van der Waals surface area contributed by atoms with Crippen molar-refractivity contribution in [2.24, 2.45) is 5.92 Å². The second-order valence-electron chi connectivity index (χ2n) is 4.89. The fourth-order valence-electron chi connectivity index (χ4n) is 1.39. The van der Waals surface area contributed by atoms with Gasteiger partial charge in [-0.15, -0.1) is 11.3 Å². The highest BCUT2D eigenvalue weighted by Crippen LogP contribution is 2.12. The molecule has 0 aliphatic carbocycles. The van der Waals surface area contributed by atoms with Crippen LogP contribution in [0.1, 0.15) is 24.4 Å². The van der Waals surface area contributed by atoms with E-state index in [2.05, 4.69) is 24.3 Å². The van der Waals surface area contributed by atoms with Crippen LogP contribution in [0.3, 0.4) is 0 Å². The lowest BCUT2D eigenvalue weighted by Gasteiger charge is -2.13. The SMILES string of the molecule is Cc1ncsc1CCOCC(O)CNOCC(C)C. The monoisotopic (exact) mass is 288 g/mol. The number of hydroxylamine groups is 1. The standard InChI is InChI=1S/C13H24N2O3S/c1-10(2)7-18-15-6-12(16)8-17-5-4-13-11(3)14-9-19-13/h9-10,12,15-16H,4-8H2,1-3H3. The molecule has 110 valence electrons. The van der Waals surface area contributed by atoms with E-state index in [1.807, 2.05) is 12.4 Å². The van der Waals surface area contributed by atoms with Gasteiger partial charge in [-0.2, -0.15) is 5.48 Å². The van der Waals surface area contributed by atoms with Gasteiger partial charge in [0.1, 0.15) is 0 Å². The van der Waals surface area contributed by atoms with Gasteiger partial charge in [0.05, 0.1) is 37.1 Å². The van der Waals surface area contributed by atoms with Crippen molar-refractivity contribution in [3.8, 4) is 0 Å². The molecule has 0 saturated carbocycles. The van der Waals surface area contributed by atoms with Crippen molar-refractivity contribution < 1.29 is 14.7 Å². The Kier molecular flexibility index (Phi) is 8.16. The summed E-state index contributed by atoms with van der Waals surface area (Å²) >= 11 is 1.64. The maximum Gasteiger partial charge on any atom is 0.0920 e. The summed E-state index contributed by atoms with van der Waals surface area (Å²) in [7, 11) is 0. The number of ether oxygens (including phenoxy) is 1. The molecule has 19 heavy (non-hydrogen) atoms. The number of rotatable bonds is 10. The van der Waals surface area contributed by atoms with Gasteiger partial charge in [-0.05, 0) is 12.8 Å². The van der Waals surface area contributed by atoms with E-state index in [-0.39, 0.29) is 0 Å². The van der Waals surface area contributed by atoms with Crippen molar-refractivity contribution in [3.63, 3.8) is 0 Å². The van der Waals surface area contributed by atoms with Gasteiger partial charge in [0.15, 0.2) is 0 Å². The molecule has 0 fully saturated rings. The van der Waals surface area contributed by atoms with E-state index >= 15 is 0 Å². The molecule has 1 atom stereocenters. The van der Waals surface area contributed by atoms with E-state index in [4.69, 9.17) is 9.57 Å². The topological polar surface area (TPSA) is 63.6 Å². The number of aryl methyl sites for hydroxylation is 1. The van der Waals surface area contributed by atoms with Crippen molar-refractivity contribution in [2.45, 2.75) is 33.3 Å². The van der Waals surface area contributed by atoms with Crippen molar-refractivity contribution in [1.29, 1.82) is 0 Å².